The largest absolute Gasteiger partial charge is 0.368 e. The first kappa shape index (κ1) is 27.2. The van der Waals surface area contributed by atoms with Crippen molar-refractivity contribution >= 4 is 17.5 Å². The third-order valence-electron chi connectivity index (χ3n) is 8.54. The zero-order valence-electron chi connectivity index (χ0n) is 23.1. The number of hydrogen-bond acceptors (Lipinski definition) is 4. The number of piperazine rings is 1. The van der Waals surface area contributed by atoms with E-state index in [4.69, 9.17) is 0 Å². The lowest BCUT2D eigenvalue weighted by Crippen LogP contribution is -2.52. The van der Waals surface area contributed by atoms with Gasteiger partial charge < -0.3 is 20.0 Å². The summed E-state index contributed by atoms with van der Waals surface area (Å²) < 4.78 is 0. The highest BCUT2D eigenvalue weighted by Crippen LogP contribution is 2.35. The van der Waals surface area contributed by atoms with Gasteiger partial charge in [0, 0.05) is 56.3 Å². The Kier molecular flexibility index (Phi) is 8.91. The zero-order valence-corrected chi connectivity index (χ0v) is 23.1. The van der Waals surface area contributed by atoms with Crippen molar-refractivity contribution in [2.24, 2.45) is 0 Å². The maximum Gasteiger partial charge on any atom is 0.223 e. The van der Waals surface area contributed by atoms with Gasteiger partial charge in [0.2, 0.25) is 11.8 Å². The smallest absolute Gasteiger partial charge is 0.223 e. The molecule has 1 aliphatic carbocycles. The van der Waals surface area contributed by atoms with Crippen LogP contribution in [0.3, 0.4) is 0 Å². The standard InChI is InChI=1S/C31H44N4O2/c1-24-9-11-26(12-10-24)23-31(33(3)4)17-15-27(16-18-31)32-29(36)13-14-30(37)35-21-19-34(20-22-35)28-8-6-5-7-25(28)2/h5-12,27H,13-23H2,1-4H3,(H,32,36). The minimum Gasteiger partial charge on any atom is -0.368 e. The maximum absolute atomic E-state index is 12.8. The minimum atomic E-state index is 0.00721. The highest BCUT2D eigenvalue weighted by Gasteiger charge is 2.37. The second kappa shape index (κ2) is 12.1. The molecule has 0 spiro atoms. The molecular formula is C31H44N4O2. The Bertz CT molecular complexity index is 1050. The van der Waals surface area contributed by atoms with Gasteiger partial charge in [-0.15, -0.1) is 0 Å². The van der Waals surface area contributed by atoms with Crippen molar-refractivity contribution in [2.45, 2.75) is 70.4 Å². The summed E-state index contributed by atoms with van der Waals surface area (Å²) >= 11 is 0. The Labute approximate surface area is 223 Å². The summed E-state index contributed by atoms with van der Waals surface area (Å²) in [5, 5.41) is 3.22. The molecule has 2 fully saturated rings. The first-order valence-electron chi connectivity index (χ1n) is 13.9. The summed E-state index contributed by atoms with van der Waals surface area (Å²) in [6, 6.07) is 17.5. The predicted molar refractivity (Wildman–Crippen MR) is 151 cm³/mol. The van der Waals surface area contributed by atoms with Gasteiger partial charge in [0.15, 0.2) is 0 Å². The van der Waals surface area contributed by atoms with E-state index in [9.17, 15) is 9.59 Å². The van der Waals surface area contributed by atoms with Crippen molar-refractivity contribution in [3.63, 3.8) is 0 Å². The Morgan fingerprint density at radius 1 is 0.919 bits per heavy atom. The fourth-order valence-corrected chi connectivity index (χ4v) is 5.96. The number of amides is 2. The molecule has 1 aliphatic heterocycles. The van der Waals surface area contributed by atoms with Crippen LogP contribution in [0.25, 0.3) is 0 Å². The molecule has 0 radical (unpaired) electrons. The highest BCUT2D eigenvalue weighted by molar-refractivity contribution is 5.84. The number of nitrogens with zero attached hydrogens (tertiary/aromatic N) is 3. The number of rotatable bonds is 8. The molecule has 0 unspecified atom stereocenters. The Hall–Kier alpha value is -2.86. The van der Waals surface area contributed by atoms with Crippen LogP contribution < -0.4 is 10.2 Å². The van der Waals surface area contributed by atoms with Crippen molar-refractivity contribution in [3.05, 3.63) is 65.2 Å². The molecule has 2 aliphatic rings. The molecule has 0 bridgehead atoms. The van der Waals surface area contributed by atoms with Crippen LogP contribution in [-0.4, -0.2) is 73.5 Å². The summed E-state index contributed by atoms with van der Waals surface area (Å²) in [7, 11) is 4.36. The van der Waals surface area contributed by atoms with Gasteiger partial charge in [0.25, 0.3) is 0 Å². The van der Waals surface area contributed by atoms with Gasteiger partial charge in [-0.25, -0.2) is 0 Å². The minimum absolute atomic E-state index is 0.00721. The first-order chi connectivity index (χ1) is 17.8. The first-order valence-corrected chi connectivity index (χ1v) is 13.9. The summed E-state index contributed by atoms with van der Waals surface area (Å²) in [5.74, 6) is 0.0979. The molecule has 1 heterocycles. The van der Waals surface area contributed by atoms with E-state index in [1.54, 1.807) is 0 Å². The monoisotopic (exact) mass is 504 g/mol. The van der Waals surface area contributed by atoms with E-state index >= 15 is 0 Å². The van der Waals surface area contributed by atoms with E-state index in [1.807, 2.05) is 4.90 Å². The van der Waals surface area contributed by atoms with E-state index in [-0.39, 0.29) is 36.2 Å². The molecule has 2 aromatic rings. The van der Waals surface area contributed by atoms with E-state index in [1.165, 1.54) is 22.4 Å². The van der Waals surface area contributed by atoms with Crippen molar-refractivity contribution in [3.8, 4) is 0 Å². The lowest BCUT2D eigenvalue weighted by molar-refractivity contribution is -0.134. The van der Waals surface area contributed by atoms with Crippen molar-refractivity contribution in [1.82, 2.24) is 15.1 Å². The lowest BCUT2D eigenvalue weighted by atomic mass is 9.74. The molecule has 1 saturated carbocycles. The van der Waals surface area contributed by atoms with E-state index in [2.05, 4.69) is 91.6 Å². The van der Waals surface area contributed by atoms with Crippen molar-refractivity contribution in [2.75, 3.05) is 45.2 Å². The highest BCUT2D eigenvalue weighted by atomic mass is 16.2. The van der Waals surface area contributed by atoms with Crippen molar-refractivity contribution < 1.29 is 9.59 Å². The van der Waals surface area contributed by atoms with Crippen LogP contribution in [0.2, 0.25) is 0 Å². The third kappa shape index (κ3) is 6.92. The molecule has 4 rings (SSSR count). The third-order valence-corrected chi connectivity index (χ3v) is 8.54. The molecule has 200 valence electrons. The summed E-state index contributed by atoms with van der Waals surface area (Å²) in [6.07, 6.45) is 5.67. The Morgan fingerprint density at radius 2 is 1.57 bits per heavy atom. The predicted octanol–water partition coefficient (Wildman–Crippen LogP) is 4.33. The Morgan fingerprint density at radius 3 is 2.19 bits per heavy atom. The van der Waals surface area contributed by atoms with Gasteiger partial charge >= 0.3 is 0 Å². The fraction of sp³-hybridized carbons (Fsp3) is 0.548. The molecule has 1 saturated heterocycles. The molecule has 2 amide bonds. The summed E-state index contributed by atoms with van der Waals surface area (Å²) in [4.78, 5) is 32.1. The fourth-order valence-electron chi connectivity index (χ4n) is 5.96. The average Bonchev–Trinajstić information content (AvgIpc) is 2.90. The lowest BCUT2D eigenvalue weighted by Gasteiger charge is -2.45. The number of nitrogens with one attached hydrogen (secondary N) is 1. The number of likely N-dealkylation sites (N-methyl/N-ethyl adjacent to an activating group) is 1. The molecule has 2 aromatic carbocycles. The molecule has 0 aromatic heterocycles. The zero-order chi connectivity index (χ0) is 26.4. The SMILES string of the molecule is Cc1ccc(CC2(N(C)C)CCC(NC(=O)CCC(=O)N3CCN(c4ccccc4C)CC3)CC2)cc1. The van der Waals surface area contributed by atoms with E-state index in [0.29, 0.717) is 13.1 Å². The molecule has 0 atom stereocenters. The number of hydrogen-bond donors (Lipinski definition) is 1. The number of carbonyl (C=O) groups is 2. The number of benzene rings is 2. The quantitative estimate of drug-likeness (QED) is 0.581. The normalized spacial score (nSPS) is 22.2. The van der Waals surface area contributed by atoms with Crippen molar-refractivity contribution in [1.29, 1.82) is 0 Å². The number of para-hydroxylation sites is 1. The number of aryl methyl sites for hydroxylation is 2. The van der Waals surface area contributed by atoms with Crippen LogP contribution >= 0.6 is 0 Å². The van der Waals surface area contributed by atoms with Crippen LogP contribution in [0.15, 0.2) is 48.5 Å². The van der Waals surface area contributed by atoms with Gasteiger partial charge in [-0.1, -0.05) is 48.0 Å². The number of anilines is 1. The summed E-state index contributed by atoms with van der Waals surface area (Å²) in [5.41, 5.74) is 5.31. The summed E-state index contributed by atoms with van der Waals surface area (Å²) in [6.45, 7) is 7.35. The molecular weight excluding hydrogens is 460 g/mol. The molecule has 6 heteroatoms. The Balaban J connectivity index is 1.19. The van der Waals surface area contributed by atoms with Crippen LogP contribution in [0.4, 0.5) is 5.69 Å². The van der Waals surface area contributed by atoms with Gasteiger partial charge in [0.05, 0.1) is 0 Å². The van der Waals surface area contributed by atoms with Gasteiger partial charge in [0.1, 0.15) is 0 Å². The molecule has 6 nitrogen and oxygen atoms in total. The van der Waals surface area contributed by atoms with E-state index in [0.717, 1.165) is 45.2 Å². The van der Waals surface area contributed by atoms with Crippen LogP contribution in [0.5, 0.6) is 0 Å². The average molecular weight is 505 g/mol. The molecule has 37 heavy (non-hydrogen) atoms. The molecule has 1 N–H and O–H groups in total. The second-order valence-electron chi connectivity index (χ2n) is 11.3. The van der Waals surface area contributed by atoms with Gasteiger partial charge in [-0.3, -0.25) is 9.59 Å². The number of carbonyl (C=O) groups excluding carboxylic acids is 2. The van der Waals surface area contributed by atoms with Crippen LogP contribution in [0.1, 0.15) is 55.2 Å². The van der Waals surface area contributed by atoms with Crippen LogP contribution in [-0.2, 0) is 16.0 Å². The second-order valence-corrected chi connectivity index (χ2v) is 11.3. The van der Waals surface area contributed by atoms with Crippen LogP contribution in [0, 0.1) is 13.8 Å². The van der Waals surface area contributed by atoms with E-state index < -0.39 is 0 Å². The van der Waals surface area contributed by atoms with Gasteiger partial charge in [-0.05, 0) is 77.2 Å². The van der Waals surface area contributed by atoms with Gasteiger partial charge in [-0.2, -0.15) is 0 Å². The topological polar surface area (TPSA) is 55.9 Å². The maximum atomic E-state index is 12.8.